The number of thiazole rings is 1. The monoisotopic (exact) mass is 260 g/mol. The second kappa shape index (κ2) is 5.63. The van der Waals surface area contributed by atoms with Crippen LogP contribution in [0.2, 0.25) is 0 Å². The van der Waals surface area contributed by atoms with E-state index in [1.54, 1.807) is 11.3 Å². The molecule has 0 aliphatic heterocycles. The van der Waals surface area contributed by atoms with Crippen LogP contribution >= 0.6 is 11.3 Å². The van der Waals surface area contributed by atoms with Crippen molar-refractivity contribution >= 4 is 11.3 Å². The molecule has 0 saturated carbocycles. The van der Waals surface area contributed by atoms with Crippen LogP contribution < -0.4 is 5.73 Å². The Balaban J connectivity index is 2.29. The van der Waals surface area contributed by atoms with Crippen LogP contribution in [0.25, 0.3) is 10.6 Å². The molecule has 96 valence electrons. The van der Waals surface area contributed by atoms with E-state index in [0.29, 0.717) is 5.92 Å². The van der Waals surface area contributed by atoms with Gasteiger partial charge in [0.15, 0.2) is 0 Å². The first-order valence-corrected chi connectivity index (χ1v) is 7.23. The van der Waals surface area contributed by atoms with Gasteiger partial charge in [0.2, 0.25) is 0 Å². The molecule has 2 N–H and O–H groups in total. The molecule has 0 saturated heterocycles. The maximum absolute atomic E-state index is 5.60. The number of aromatic nitrogens is 1. The first kappa shape index (κ1) is 13.2. The first-order chi connectivity index (χ1) is 8.61. The summed E-state index contributed by atoms with van der Waals surface area (Å²) in [7, 11) is 0. The number of hydrogen-bond donors (Lipinski definition) is 1. The van der Waals surface area contributed by atoms with Gasteiger partial charge in [0.05, 0.1) is 5.69 Å². The van der Waals surface area contributed by atoms with Crippen molar-refractivity contribution in [2.75, 3.05) is 6.54 Å². The predicted molar refractivity (Wildman–Crippen MR) is 79.1 cm³/mol. The minimum atomic E-state index is 0.450. The van der Waals surface area contributed by atoms with E-state index in [4.69, 9.17) is 10.7 Å². The maximum Gasteiger partial charge on any atom is 0.123 e. The highest BCUT2D eigenvalue weighted by atomic mass is 32.1. The SMILES string of the molecule is Cc1ccc(-c2nc(C(C)CCN)cs2)c(C)c1. The predicted octanol–water partition coefficient (Wildman–Crippen LogP) is 3.88. The molecular weight excluding hydrogens is 240 g/mol. The molecule has 1 heterocycles. The number of nitrogens with two attached hydrogens (primary N) is 1. The molecule has 1 atom stereocenters. The van der Waals surface area contributed by atoms with Gasteiger partial charge in [0.1, 0.15) is 5.01 Å². The Kier molecular flexibility index (Phi) is 4.15. The molecule has 18 heavy (non-hydrogen) atoms. The van der Waals surface area contributed by atoms with Crippen molar-refractivity contribution in [3.63, 3.8) is 0 Å². The molecule has 0 bridgehead atoms. The van der Waals surface area contributed by atoms with Crippen LogP contribution in [-0.4, -0.2) is 11.5 Å². The van der Waals surface area contributed by atoms with Crippen LogP contribution in [0.5, 0.6) is 0 Å². The standard InChI is InChI=1S/C15H20N2S/c1-10-4-5-13(12(3)8-10)15-17-14(9-18-15)11(2)6-7-16/h4-5,8-9,11H,6-7,16H2,1-3H3. The van der Waals surface area contributed by atoms with Gasteiger partial charge in [-0.1, -0.05) is 30.7 Å². The quantitative estimate of drug-likeness (QED) is 0.906. The van der Waals surface area contributed by atoms with Crippen LogP contribution in [-0.2, 0) is 0 Å². The summed E-state index contributed by atoms with van der Waals surface area (Å²) in [6.45, 7) is 7.17. The van der Waals surface area contributed by atoms with Gasteiger partial charge in [-0.25, -0.2) is 4.98 Å². The van der Waals surface area contributed by atoms with Gasteiger partial charge in [-0.2, -0.15) is 0 Å². The van der Waals surface area contributed by atoms with Crippen molar-refractivity contribution in [3.8, 4) is 10.6 Å². The Morgan fingerprint density at radius 2 is 2.11 bits per heavy atom. The number of benzene rings is 1. The smallest absolute Gasteiger partial charge is 0.123 e. The number of aryl methyl sites for hydroxylation is 2. The van der Waals surface area contributed by atoms with E-state index in [1.807, 2.05) is 0 Å². The minimum absolute atomic E-state index is 0.450. The summed E-state index contributed by atoms with van der Waals surface area (Å²) >= 11 is 1.72. The van der Waals surface area contributed by atoms with Crippen LogP contribution in [0.15, 0.2) is 23.6 Å². The molecule has 0 amide bonds. The van der Waals surface area contributed by atoms with Gasteiger partial charge in [0.25, 0.3) is 0 Å². The lowest BCUT2D eigenvalue weighted by molar-refractivity contribution is 0.675. The van der Waals surface area contributed by atoms with E-state index in [2.05, 4.69) is 44.4 Å². The highest BCUT2D eigenvalue weighted by Gasteiger charge is 2.11. The zero-order valence-corrected chi connectivity index (χ0v) is 12.1. The van der Waals surface area contributed by atoms with E-state index < -0.39 is 0 Å². The minimum Gasteiger partial charge on any atom is -0.330 e. The van der Waals surface area contributed by atoms with Gasteiger partial charge in [-0.3, -0.25) is 0 Å². The van der Waals surface area contributed by atoms with Crippen LogP contribution in [0.1, 0.15) is 36.1 Å². The van der Waals surface area contributed by atoms with Gasteiger partial charge in [-0.05, 0) is 32.4 Å². The molecule has 1 unspecified atom stereocenters. The molecule has 0 aliphatic rings. The topological polar surface area (TPSA) is 38.9 Å². The summed E-state index contributed by atoms with van der Waals surface area (Å²) in [5, 5.41) is 3.28. The third-order valence-corrected chi connectivity index (χ3v) is 4.13. The molecule has 3 heteroatoms. The molecule has 1 aromatic heterocycles. The highest BCUT2D eigenvalue weighted by molar-refractivity contribution is 7.13. The molecular formula is C15H20N2S. The molecule has 2 aromatic rings. The third-order valence-electron chi connectivity index (χ3n) is 3.24. The van der Waals surface area contributed by atoms with Crippen molar-refractivity contribution in [2.24, 2.45) is 5.73 Å². The molecule has 0 fully saturated rings. The molecule has 1 aromatic carbocycles. The van der Waals surface area contributed by atoms with Gasteiger partial charge < -0.3 is 5.73 Å². The zero-order valence-electron chi connectivity index (χ0n) is 11.2. The number of nitrogens with zero attached hydrogens (tertiary/aromatic N) is 1. The van der Waals surface area contributed by atoms with Crippen molar-refractivity contribution in [2.45, 2.75) is 33.1 Å². The molecule has 0 radical (unpaired) electrons. The summed E-state index contributed by atoms with van der Waals surface area (Å²) in [4.78, 5) is 4.75. The molecule has 2 nitrogen and oxygen atoms in total. The largest absolute Gasteiger partial charge is 0.330 e. The summed E-state index contributed by atoms with van der Waals surface area (Å²) in [5.41, 5.74) is 10.6. The van der Waals surface area contributed by atoms with Crippen LogP contribution in [0, 0.1) is 13.8 Å². The summed E-state index contributed by atoms with van der Waals surface area (Å²) in [5.74, 6) is 0.450. The number of rotatable bonds is 4. The summed E-state index contributed by atoms with van der Waals surface area (Å²) in [6.07, 6.45) is 0.996. The Bertz CT molecular complexity index is 531. The lowest BCUT2D eigenvalue weighted by Crippen LogP contribution is -2.04. The molecule has 0 aliphatic carbocycles. The van der Waals surface area contributed by atoms with Gasteiger partial charge in [-0.15, -0.1) is 11.3 Å². The third kappa shape index (κ3) is 2.79. The second-order valence-electron chi connectivity index (χ2n) is 4.87. The average Bonchev–Trinajstić information content (AvgIpc) is 2.78. The lowest BCUT2D eigenvalue weighted by atomic mass is 10.0. The van der Waals surface area contributed by atoms with E-state index in [9.17, 15) is 0 Å². The van der Waals surface area contributed by atoms with Gasteiger partial charge >= 0.3 is 0 Å². The second-order valence-corrected chi connectivity index (χ2v) is 5.73. The highest BCUT2D eigenvalue weighted by Crippen LogP contribution is 2.30. The Hall–Kier alpha value is -1.19. The van der Waals surface area contributed by atoms with E-state index in [1.165, 1.54) is 22.4 Å². The normalized spacial score (nSPS) is 12.7. The van der Waals surface area contributed by atoms with Crippen LogP contribution in [0.3, 0.4) is 0 Å². The summed E-state index contributed by atoms with van der Waals surface area (Å²) < 4.78 is 0. The van der Waals surface area contributed by atoms with E-state index >= 15 is 0 Å². The summed E-state index contributed by atoms with van der Waals surface area (Å²) in [6, 6.07) is 6.52. The Labute approximate surface area is 113 Å². The first-order valence-electron chi connectivity index (χ1n) is 6.35. The zero-order chi connectivity index (χ0) is 13.1. The Morgan fingerprint density at radius 3 is 2.78 bits per heavy atom. The fraction of sp³-hybridized carbons (Fsp3) is 0.400. The van der Waals surface area contributed by atoms with Crippen molar-refractivity contribution in [1.29, 1.82) is 0 Å². The van der Waals surface area contributed by atoms with Crippen molar-refractivity contribution in [1.82, 2.24) is 4.98 Å². The molecule has 2 rings (SSSR count). The fourth-order valence-corrected chi connectivity index (χ4v) is 3.12. The van der Waals surface area contributed by atoms with Crippen molar-refractivity contribution < 1.29 is 0 Å². The lowest BCUT2D eigenvalue weighted by Gasteiger charge is -2.06. The average molecular weight is 260 g/mol. The maximum atomic E-state index is 5.60. The number of hydrogen-bond acceptors (Lipinski definition) is 3. The van der Waals surface area contributed by atoms with E-state index in [0.717, 1.165) is 18.0 Å². The fourth-order valence-electron chi connectivity index (χ4n) is 2.09. The van der Waals surface area contributed by atoms with E-state index in [-0.39, 0.29) is 0 Å². The van der Waals surface area contributed by atoms with Gasteiger partial charge in [0, 0.05) is 16.9 Å². The van der Waals surface area contributed by atoms with Crippen molar-refractivity contribution in [3.05, 3.63) is 40.4 Å². The van der Waals surface area contributed by atoms with Crippen LogP contribution in [0.4, 0.5) is 0 Å². The molecule has 0 spiro atoms. The Morgan fingerprint density at radius 1 is 1.33 bits per heavy atom.